The minimum Gasteiger partial charge on any atom is -0.356 e. The highest BCUT2D eigenvalue weighted by Gasteiger charge is 2.30. The fourth-order valence-electron chi connectivity index (χ4n) is 3.04. The highest BCUT2D eigenvalue weighted by molar-refractivity contribution is 5.80. The molecular weight excluding hydrogens is 290 g/mol. The van der Waals surface area contributed by atoms with E-state index in [0.717, 1.165) is 71.0 Å². The SMILES string of the molecule is CCCCNC(=NC)NCCN1CCN(C(=O)C2CCC2)CC1. The lowest BCUT2D eigenvalue weighted by molar-refractivity contribution is -0.139. The van der Waals surface area contributed by atoms with Gasteiger partial charge in [-0.05, 0) is 19.3 Å². The highest BCUT2D eigenvalue weighted by atomic mass is 16.2. The maximum atomic E-state index is 12.2. The summed E-state index contributed by atoms with van der Waals surface area (Å²) in [6, 6.07) is 0. The van der Waals surface area contributed by atoms with Gasteiger partial charge in [-0.2, -0.15) is 0 Å². The van der Waals surface area contributed by atoms with E-state index < -0.39 is 0 Å². The van der Waals surface area contributed by atoms with E-state index in [2.05, 4.69) is 32.3 Å². The molecule has 1 saturated heterocycles. The largest absolute Gasteiger partial charge is 0.356 e. The van der Waals surface area contributed by atoms with Crippen molar-refractivity contribution < 1.29 is 4.79 Å². The molecule has 0 spiro atoms. The number of hydrogen-bond acceptors (Lipinski definition) is 3. The first-order valence-corrected chi connectivity index (χ1v) is 9.20. The van der Waals surface area contributed by atoms with Gasteiger partial charge in [-0.1, -0.05) is 19.8 Å². The molecule has 1 aliphatic carbocycles. The Bertz CT molecular complexity index is 386. The number of aliphatic imine (C=N–C) groups is 1. The summed E-state index contributed by atoms with van der Waals surface area (Å²) in [5, 5.41) is 6.69. The molecule has 2 fully saturated rings. The zero-order valence-corrected chi connectivity index (χ0v) is 14.8. The van der Waals surface area contributed by atoms with Crippen molar-refractivity contribution in [3.05, 3.63) is 0 Å². The van der Waals surface area contributed by atoms with Gasteiger partial charge in [-0.25, -0.2) is 0 Å². The zero-order chi connectivity index (χ0) is 16.5. The summed E-state index contributed by atoms with van der Waals surface area (Å²) < 4.78 is 0. The fraction of sp³-hybridized carbons (Fsp3) is 0.882. The van der Waals surface area contributed by atoms with E-state index >= 15 is 0 Å². The molecule has 2 aliphatic rings. The van der Waals surface area contributed by atoms with Crippen molar-refractivity contribution in [2.24, 2.45) is 10.9 Å². The molecule has 1 aliphatic heterocycles. The van der Waals surface area contributed by atoms with Crippen LogP contribution in [0.2, 0.25) is 0 Å². The fourth-order valence-corrected chi connectivity index (χ4v) is 3.04. The van der Waals surface area contributed by atoms with Crippen LogP contribution in [0.4, 0.5) is 0 Å². The van der Waals surface area contributed by atoms with Gasteiger partial charge >= 0.3 is 0 Å². The van der Waals surface area contributed by atoms with Gasteiger partial charge in [0.2, 0.25) is 5.91 Å². The minimum absolute atomic E-state index is 0.334. The Hall–Kier alpha value is -1.30. The number of nitrogens with one attached hydrogen (secondary N) is 2. The second-order valence-electron chi connectivity index (χ2n) is 6.57. The van der Waals surface area contributed by atoms with Gasteiger partial charge in [-0.15, -0.1) is 0 Å². The Kier molecular flexibility index (Phi) is 7.65. The first-order chi connectivity index (χ1) is 11.2. The van der Waals surface area contributed by atoms with Gasteiger partial charge in [0.25, 0.3) is 0 Å². The van der Waals surface area contributed by atoms with Crippen LogP contribution in [-0.2, 0) is 4.79 Å². The van der Waals surface area contributed by atoms with Crippen LogP contribution in [0.15, 0.2) is 4.99 Å². The van der Waals surface area contributed by atoms with Gasteiger partial charge in [0.15, 0.2) is 5.96 Å². The van der Waals surface area contributed by atoms with Crippen LogP contribution in [0.1, 0.15) is 39.0 Å². The number of carbonyl (C=O) groups is 1. The minimum atomic E-state index is 0.334. The third kappa shape index (κ3) is 5.68. The average molecular weight is 323 g/mol. The van der Waals surface area contributed by atoms with Crippen LogP contribution < -0.4 is 10.6 Å². The maximum absolute atomic E-state index is 12.2. The lowest BCUT2D eigenvalue weighted by Gasteiger charge is -2.38. The summed E-state index contributed by atoms with van der Waals surface area (Å²) in [5.41, 5.74) is 0. The Morgan fingerprint density at radius 2 is 1.83 bits per heavy atom. The first kappa shape index (κ1) is 18.0. The van der Waals surface area contributed by atoms with E-state index in [0.29, 0.717) is 11.8 Å². The first-order valence-electron chi connectivity index (χ1n) is 9.20. The standard InChI is InChI=1S/C17H33N5O/c1-3-4-8-19-17(18-2)20-9-10-21-11-13-22(14-12-21)16(23)15-6-5-7-15/h15H,3-14H2,1-2H3,(H2,18,19,20). The van der Waals surface area contributed by atoms with Crippen LogP contribution in [0, 0.1) is 5.92 Å². The van der Waals surface area contributed by atoms with E-state index in [4.69, 9.17) is 0 Å². The molecule has 0 bridgehead atoms. The van der Waals surface area contributed by atoms with Gasteiger partial charge in [-0.3, -0.25) is 14.7 Å². The molecule has 6 heteroatoms. The maximum Gasteiger partial charge on any atom is 0.225 e. The molecule has 132 valence electrons. The molecule has 0 aromatic carbocycles. The Balaban J connectivity index is 1.58. The van der Waals surface area contributed by atoms with E-state index in [1.165, 1.54) is 12.8 Å². The summed E-state index contributed by atoms with van der Waals surface area (Å²) >= 11 is 0. The van der Waals surface area contributed by atoms with Crippen LogP contribution in [0.25, 0.3) is 0 Å². The summed E-state index contributed by atoms with van der Waals surface area (Å²) in [6.45, 7) is 8.80. The molecule has 0 unspecified atom stereocenters. The van der Waals surface area contributed by atoms with Gasteiger partial charge < -0.3 is 15.5 Å². The molecule has 0 atom stereocenters. The number of hydrogen-bond donors (Lipinski definition) is 2. The normalized spacial score (nSPS) is 20.3. The predicted octanol–water partition coefficient (Wildman–Crippen LogP) is 0.896. The summed E-state index contributed by atoms with van der Waals surface area (Å²) in [4.78, 5) is 21.0. The van der Waals surface area contributed by atoms with Crippen molar-refractivity contribution in [1.82, 2.24) is 20.4 Å². The number of carbonyl (C=O) groups excluding carboxylic acids is 1. The molecule has 23 heavy (non-hydrogen) atoms. The topological polar surface area (TPSA) is 60.0 Å². The monoisotopic (exact) mass is 323 g/mol. The molecule has 1 saturated carbocycles. The van der Waals surface area contributed by atoms with Crippen LogP contribution in [-0.4, -0.2) is 74.5 Å². The Labute approximate surface area is 140 Å². The second kappa shape index (κ2) is 9.75. The summed E-state index contributed by atoms with van der Waals surface area (Å²) in [7, 11) is 1.81. The van der Waals surface area contributed by atoms with Crippen LogP contribution in [0.3, 0.4) is 0 Å². The third-order valence-corrected chi connectivity index (χ3v) is 4.91. The Morgan fingerprint density at radius 3 is 2.39 bits per heavy atom. The van der Waals surface area contributed by atoms with Crippen LogP contribution >= 0.6 is 0 Å². The smallest absolute Gasteiger partial charge is 0.225 e. The van der Waals surface area contributed by atoms with Crippen molar-refractivity contribution in [3.8, 4) is 0 Å². The van der Waals surface area contributed by atoms with E-state index in [1.807, 2.05) is 7.05 Å². The quantitative estimate of drug-likeness (QED) is 0.415. The van der Waals surface area contributed by atoms with Crippen molar-refractivity contribution in [2.45, 2.75) is 39.0 Å². The summed E-state index contributed by atoms with van der Waals surface area (Å²) in [6.07, 6.45) is 5.79. The van der Waals surface area contributed by atoms with Crippen molar-refractivity contribution in [3.63, 3.8) is 0 Å². The molecule has 0 aromatic rings. The summed E-state index contributed by atoms with van der Waals surface area (Å²) in [5.74, 6) is 1.62. The molecule has 0 radical (unpaired) electrons. The van der Waals surface area contributed by atoms with E-state index in [1.54, 1.807) is 0 Å². The predicted molar refractivity (Wildman–Crippen MR) is 94.6 cm³/mol. The lowest BCUT2D eigenvalue weighted by atomic mass is 9.84. The van der Waals surface area contributed by atoms with Crippen LogP contribution in [0.5, 0.6) is 0 Å². The molecule has 6 nitrogen and oxygen atoms in total. The van der Waals surface area contributed by atoms with Gasteiger partial charge in [0.1, 0.15) is 0 Å². The average Bonchev–Trinajstić information content (AvgIpc) is 2.52. The Morgan fingerprint density at radius 1 is 1.13 bits per heavy atom. The number of nitrogens with zero attached hydrogens (tertiary/aromatic N) is 3. The van der Waals surface area contributed by atoms with E-state index in [9.17, 15) is 4.79 Å². The highest BCUT2D eigenvalue weighted by Crippen LogP contribution is 2.28. The van der Waals surface area contributed by atoms with Crippen molar-refractivity contribution in [2.75, 3.05) is 52.9 Å². The lowest BCUT2D eigenvalue weighted by Crippen LogP contribution is -2.52. The number of guanidine groups is 1. The molecule has 1 heterocycles. The molecule has 0 aromatic heterocycles. The zero-order valence-electron chi connectivity index (χ0n) is 14.8. The number of unbranched alkanes of at least 4 members (excludes halogenated alkanes) is 1. The third-order valence-electron chi connectivity index (χ3n) is 4.91. The van der Waals surface area contributed by atoms with Crippen molar-refractivity contribution in [1.29, 1.82) is 0 Å². The number of rotatable bonds is 7. The number of piperazine rings is 1. The number of amides is 1. The van der Waals surface area contributed by atoms with Gasteiger partial charge in [0, 0.05) is 58.8 Å². The van der Waals surface area contributed by atoms with E-state index in [-0.39, 0.29) is 0 Å². The second-order valence-corrected chi connectivity index (χ2v) is 6.57. The molecule has 1 amide bonds. The molecule has 2 rings (SSSR count). The molecular formula is C17H33N5O. The van der Waals surface area contributed by atoms with Crippen molar-refractivity contribution >= 4 is 11.9 Å². The molecule has 2 N–H and O–H groups in total. The van der Waals surface area contributed by atoms with Gasteiger partial charge in [0.05, 0.1) is 0 Å².